The van der Waals surface area contributed by atoms with Crippen molar-refractivity contribution < 1.29 is 4.74 Å². The van der Waals surface area contributed by atoms with Crippen molar-refractivity contribution >= 4 is 29.9 Å². The molecule has 21 heavy (non-hydrogen) atoms. The van der Waals surface area contributed by atoms with E-state index in [9.17, 15) is 0 Å². The Morgan fingerprint density at radius 2 is 2.00 bits per heavy atom. The number of hydrogen-bond donors (Lipinski definition) is 2. The average Bonchev–Trinajstić information content (AvgIpc) is 3.27. The highest BCUT2D eigenvalue weighted by molar-refractivity contribution is 14.0. The number of aliphatic imine (C=N–C) groups is 1. The van der Waals surface area contributed by atoms with E-state index in [0.717, 1.165) is 64.4 Å². The lowest BCUT2D eigenvalue weighted by Crippen LogP contribution is -2.40. The van der Waals surface area contributed by atoms with E-state index >= 15 is 0 Å². The molecule has 1 heterocycles. The quantitative estimate of drug-likeness (QED) is 0.380. The Bertz CT molecular complexity index is 304. The zero-order chi connectivity index (χ0) is 14.2. The van der Waals surface area contributed by atoms with E-state index in [-0.39, 0.29) is 24.0 Å². The second-order valence-corrected chi connectivity index (χ2v) is 6.06. The molecule has 1 aliphatic carbocycles. The van der Waals surface area contributed by atoms with Gasteiger partial charge in [-0.25, -0.2) is 0 Å². The fraction of sp³-hybridized carbons (Fsp3) is 0.933. The van der Waals surface area contributed by atoms with Gasteiger partial charge in [-0.1, -0.05) is 6.92 Å². The highest BCUT2D eigenvalue weighted by Crippen LogP contribution is 2.27. The Balaban J connectivity index is 0.00000220. The molecule has 2 rings (SSSR count). The molecule has 0 aromatic rings. The Hall–Kier alpha value is -0.0800. The zero-order valence-electron chi connectivity index (χ0n) is 13.4. The van der Waals surface area contributed by atoms with Crippen molar-refractivity contribution in [2.75, 3.05) is 52.5 Å². The predicted octanol–water partition coefficient (Wildman–Crippen LogP) is 1.54. The van der Waals surface area contributed by atoms with Crippen LogP contribution in [0.2, 0.25) is 0 Å². The molecule has 2 N–H and O–H groups in total. The lowest BCUT2D eigenvalue weighted by Gasteiger charge is -2.28. The van der Waals surface area contributed by atoms with E-state index in [1.807, 2.05) is 0 Å². The minimum Gasteiger partial charge on any atom is -0.379 e. The standard InChI is InChI=1S/C15H30N4O.HI/c1-3-16-15(18-11-14-4-5-14)17-10-13(2)12-19-6-8-20-9-7-19;/h13-14H,3-12H2,1-2H3,(H2,16,17,18);1H. The maximum atomic E-state index is 5.38. The van der Waals surface area contributed by atoms with Crippen molar-refractivity contribution in [2.45, 2.75) is 26.7 Å². The molecule has 1 saturated heterocycles. The van der Waals surface area contributed by atoms with Gasteiger partial charge in [-0.05, 0) is 31.6 Å². The summed E-state index contributed by atoms with van der Waals surface area (Å²) in [6, 6.07) is 0. The highest BCUT2D eigenvalue weighted by atomic mass is 127. The molecule has 2 fully saturated rings. The first-order chi connectivity index (χ1) is 9.78. The van der Waals surface area contributed by atoms with Gasteiger partial charge in [0.25, 0.3) is 0 Å². The van der Waals surface area contributed by atoms with Gasteiger partial charge in [0.2, 0.25) is 0 Å². The summed E-state index contributed by atoms with van der Waals surface area (Å²) in [5, 5.41) is 6.78. The number of guanidine groups is 1. The topological polar surface area (TPSA) is 48.9 Å². The van der Waals surface area contributed by atoms with E-state index in [0.29, 0.717) is 5.92 Å². The van der Waals surface area contributed by atoms with E-state index in [1.54, 1.807) is 0 Å². The molecule has 0 spiro atoms. The van der Waals surface area contributed by atoms with Crippen LogP contribution in [0.3, 0.4) is 0 Å². The lowest BCUT2D eigenvalue weighted by molar-refractivity contribution is 0.0323. The maximum absolute atomic E-state index is 5.38. The van der Waals surface area contributed by atoms with Crippen LogP contribution < -0.4 is 10.6 Å². The van der Waals surface area contributed by atoms with Crippen molar-refractivity contribution in [1.29, 1.82) is 0 Å². The first-order valence-corrected chi connectivity index (χ1v) is 8.10. The summed E-state index contributed by atoms with van der Waals surface area (Å²) < 4.78 is 5.38. The largest absolute Gasteiger partial charge is 0.379 e. The molecule has 6 heteroatoms. The molecule has 1 atom stereocenters. The number of nitrogens with zero attached hydrogens (tertiary/aromatic N) is 2. The molecule has 2 aliphatic rings. The van der Waals surface area contributed by atoms with Gasteiger partial charge in [0.15, 0.2) is 5.96 Å². The van der Waals surface area contributed by atoms with Gasteiger partial charge in [0.1, 0.15) is 0 Å². The molecule has 0 radical (unpaired) electrons. The van der Waals surface area contributed by atoms with Crippen molar-refractivity contribution in [3.8, 4) is 0 Å². The summed E-state index contributed by atoms with van der Waals surface area (Å²) in [5.41, 5.74) is 0. The SMILES string of the molecule is CCNC(=NCC(C)CN1CCOCC1)NCC1CC1.I. The Morgan fingerprint density at radius 1 is 1.29 bits per heavy atom. The van der Waals surface area contributed by atoms with Crippen LogP contribution >= 0.6 is 24.0 Å². The molecule has 124 valence electrons. The van der Waals surface area contributed by atoms with Gasteiger partial charge in [0.05, 0.1) is 13.2 Å². The lowest BCUT2D eigenvalue weighted by atomic mass is 10.1. The number of nitrogens with one attached hydrogen (secondary N) is 2. The minimum atomic E-state index is 0. The van der Waals surface area contributed by atoms with Gasteiger partial charge < -0.3 is 15.4 Å². The van der Waals surface area contributed by atoms with Crippen LogP contribution in [0.15, 0.2) is 4.99 Å². The number of ether oxygens (including phenoxy) is 1. The fourth-order valence-corrected chi connectivity index (χ4v) is 2.43. The molecule has 5 nitrogen and oxygen atoms in total. The van der Waals surface area contributed by atoms with Crippen molar-refractivity contribution in [2.24, 2.45) is 16.8 Å². The number of halogens is 1. The monoisotopic (exact) mass is 410 g/mol. The summed E-state index contributed by atoms with van der Waals surface area (Å²) in [6.45, 7) is 12.3. The molecule has 0 bridgehead atoms. The van der Waals surface area contributed by atoms with Crippen LogP contribution in [0, 0.1) is 11.8 Å². The summed E-state index contributed by atoms with van der Waals surface area (Å²) >= 11 is 0. The number of rotatable bonds is 7. The first kappa shape index (κ1) is 19.0. The zero-order valence-corrected chi connectivity index (χ0v) is 15.8. The smallest absolute Gasteiger partial charge is 0.191 e. The molecule has 1 unspecified atom stereocenters. The normalized spacial score (nSPS) is 21.5. The molecule has 1 aliphatic heterocycles. The molecule has 0 aromatic carbocycles. The van der Waals surface area contributed by atoms with Gasteiger partial charge in [-0.2, -0.15) is 0 Å². The van der Waals surface area contributed by atoms with Crippen LogP contribution in [0.25, 0.3) is 0 Å². The fourth-order valence-electron chi connectivity index (χ4n) is 2.43. The third-order valence-corrected chi connectivity index (χ3v) is 3.83. The Kier molecular flexibility index (Phi) is 9.59. The third-order valence-electron chi connectivity index (χ3n) is 3.83. The minimum absolute atomic E-state index is 0. The van der Waals surface area contributed by atoms with Crippen molar-refractivity contribution in [3.05, 3.63) is 0 Å². The summed E-state index contributed by atoms with van der Waals surface area (Å²) in [4.78, 5) is 7.20. The number of hydrogen-bond acceptors (Lipinski definition) is 3. The van der Waals surface area contributed by atoms with Crippen molar-refractivity contribution in [1.82, 2.24) is 15.5 Å². The van der Waals surface area contributed by atoms with Crippen LogP contribution in [0.4, 0.5) is 0 Å². The van der Waals surface area contributed by atoms with Crippen LogP contribution in [-0.2, 0) is 4.74 Å². The summed E-state index contributed by atoms with van der Waals surface area (Å²) in [7, 11) is 0. The third kappa shape index (κ3) is 8.21. The Morgan fingerprint density at radius 3 is 2.62 bits per heavy atom. The van der Waals surface area contributed by atoms with Gasteiger partial charge >= 0.3 is 0 Å². The van der Waals surface area contributed by atoms with Crippen LogP contribution in [0.5, 0.6) is 0 Å². The first-order valence-electron chi connectivity index (χ1n) is 8.10. The molecular formula is C15H31IN4O. The van der Waals surface area contributed by atoms with Gasteiger partial charge in [-0.3, -0.25) is 9.89 Å². The second kappa shape index (κ2) is 10.6. The van der Waals surface area contributed by atoms with Crippen LogP contribution in [0.1, 0.15) is 26.7 Å². The molecule has 1 saturated carbocycles. The highest BCUT2D eigenvalue weighted by Gasteiger charge is 2.21. The second-order valence-electron chi connectivity index (χ2n) is 6.06. The number of morpholine rings is 1. The molecular weight excluding hydrogens is 379 g/mol. The Labute approximate surface area is 146 Å². The van der Waals surface area contributed by atoms with Gasteiger partial charge in [-0.15, -0.1) is 24.0 Å². The average molecular weight is 410 g/mol. The molecule has 0 amide bonds. The summed E-state index contributed by atoms with van der Waals surface area (Å²) in [6.07, 6.45) is 2.75. The summed E-state index contributed by atoms with van der Waals surface area (Å²) in [5.74, 6) is 2.45. The van der Waals surface area contributed by atoms with E-state index < -0.39 is 0 Å². The van der Waals surface area contributed by atoms with E-state index in [2.05, 4.69) is 29.4 Å². The van der Waals surface area contributed by atoms with Gasteiger partial charge in [0, 0.05) is 39.3 Å². The van der Waals surface area contributed by atoms with E-state index in [1.165, 1.54) is 12.8 Å². The predicted molar refractivity (Wildman–Crippen MR) is 98.5 cm³/mol. The van der Waals surface area contributed by atoms with Crippen molar-refractivity contribution in [3.63, 3.8) is 0 Å². The molecule has 0 aromatic heterocycles. The van der Waals surface area contributed by atoms with E-state index in [4.69, 9.17) is 9.73 Å². The maximum Gasteiger partial charge on any atom is 0.191 e. The van der Waals surface area contributed by atoms with Crippen LogP contribution in [-0.4, -0.2) is 63.3 Å².